The molecular weight excluding hydrogens is 558 g/mol. The number of allylic oxidation sites excluding steroid dienone is 1. The largest absolute Gasteiger partial charge is 0.545 e. The second-order valence-electron chi connectivity index (χ2n) is 10.2. The zero-order valence-corrected chi connectivity index (χ0v) is 22.9. The fourth-order valence-corrected chi connectivity index (χ4v) is 4.89. The standard InChI is InChI=1S/C28H35NO13/c1-4-13(3)20(26(38)39)29-9-14(8-15(10-29)24(34)35)6-7-17-16(5-2)27(40-12-18(17)25(36)37)42-28-23(33)22(32)21(31)19(11-30)41-28/h5-10,12-13,16-17,19-23,27-28,30-33H,2,4,11H2,1,3H3,(H2-,34,35,36,37,38,39)/b7-6+/t13-,16+,17-,19+,20-,21+,22-,23+,27-,28-/m0/s1. The average molecular weight is 594 g/mol. The summed E-state index contributed by atoms with van der Waals surface area (Å²) >= 11 is 0. The molecule has 0 amide bonds. The van der Waals surface area contributed by atoms with Crippen molar-refractivity contribution in [3.8, 4) is 0 Å². The van der Waals surface area contributed by atoms with Crippen molar-refractivity contribution in [1.29, 1.82) is 0 Å². The molecule has 0 unspecified atom stereocenters. The molecule has 2 aliphatic heterocycles. The van der Waals surface area contributed by atoms with Gasteiger partial charge in [0.05, 0.1) is 18.8 Å². The van der Waals surface area contributed by atoms with Crippen molar-refractivity contribution in [2.45, 2.75) is 63.3 Å². The van der Waals surface area contributed by atoms with E-state index < -0.39 is 79.4 Å². The number of hydrogen-bond acceptors (Lipinski definition) is 11. The van der Waals surface area contributed by atoms with E-state index in [4.69, 9.17) is 14.2 Å². The molecule has 230 valence electrons. The summed E-state index contributed by atoms with van der Waals surface area (Å²) in [6.07, 6.45) is -1.14. The van der Waals surface area contributed by atoms with Gasteiger partial charge in [0.2, 0.25) is 6.29 Å². The van der Waals surface area contributed by atoms with Gasteiger partial charge in [0.15, 0.2) is 18.7 Å². The number of aliphatic carboxylic acids is 2. The Morgan fingerprint density at radius 1 is 1.14 bits per heavy atom. The van der Waals surface area contributed by atoms with Crippen molar-refractivity contribution in [3.63, 3.8) is 0 Å². The predicted molar refractivity (Wildman–Crippen MR) is 139 cm³/mol. The molecular formula is C28H35NO13. The lowest BCUT2D eigenvalue weighted by Gasteiger charge is -2.43. The number of hydrogen-bond donors (Lipinski definition) is 6. The first-order valence-corrected chi connectivity index (χ1v) is 13.2. The first-order valence-electron chi connectivity index (χ1n) is 13.2. The van der Waals surface area contributed by atoms with Crippen LogP contribution in [-0.2, 0) is 23.8 Å². The van der Waals surface area contributed by atoms with Crippen LogP contribution in [0, 0.1) is 17.8 Å². The molecule has 14 nitrogen and oxygen atoms in total. The lowest BCUT2D eigenvalue weighted by Crippen LogP contribution is -2.60. The molecule has 3 rings (SSSR count). The van der Waals surface area contributed by atoms with Crippen molar-refractivity contribution in [2.75, 3.05) is 6.61 Å². The van der Waals surface area contributed by atoms with Crippen LogP contribution < -0.4 is 9.67 Å². The van der Waals surface area contributed by atoms with Gasteiger partial charge in [0, 0.05) is 28.9 Å². The first-order chi connectivity index (χ1) is 19.8. The second kappa shape index (κ2) is 14.0. The van der Waals surface area contributed by atoms with Crippen LogP contribution in [0.1, 0.15) is 42.2 Å². The smallest absolute Gasteiger partial charge is 0.373 e. The molecule has 1 saturated heterocycles. The maximum Gasteiger partial charge on any atom is 0.373 e. The van der Waals surface area contributed by atoms with Crippen LogP contribution in [-0.4, -0.2) is 92.1 Å². The van der Waals surface area contributed by atoms with Crippen molar-refractivity contribution in [1.82, 2.24) is 0 Å². The molecule has 1 aromatic heterocycles. The highest BCUT2D eigenvalue weighted by atomic mass is 16.8. The summed E-state index contributed by atoms with van der Waals surface area (Å²) in [5.41, 5.74) is -0.267. The highest BCUT2D eigenvalue weighted by Crippen LogP contribution is 2.35. The lowest BCUT2D eigenvalue weighted by atomic mass is 9.83. The molecule has 0 radical (unpaired) electrons. The van der Waals surface area contributed by atoms with Gasteiger partial charge in [-0.15, -0.1) is 6.58 Å². The number of rotatable bonds is 12. The number of aliphatic hydroxyl groups is 4. The molecule has 6 N–H and O–H groups in total. The average Bonchev–Trinajstić information content (AvgIpc) is 2.95. The molecule has 0 aliphatic carbocycles. The van der Waals surface area contributed by atoms with E-state index >= 15 is 0 Å². The Morgan fingerprint density at radius 2 is 1.83 bits per heavy atom. The van der Waals surface area contributed by atoms with Gasteiger partial charge in [0.25, 0.3) is 6.04 Å². The van der Waals surface area contributed by atoms with E-state index in [-0.39, 0.29) is 22.6 Å². The van der Waals surface area contributed by atoms with E-state index in [0.29, 0.717) is 6.42 Å². The third kappa shape index (κ3) is 7.03. The minimum absolute atomic E-state index is 0.196. The van der Waals surface area contributed by atoms with E-state index in [9.17, 15) is 50.1 Å². The summed E-state index contributed by atoms with van der Waals surface area (Å²) < 4.78 is 17.8. The van der Waals surface area contributed by atoms with Gasteiger partial charge < -0.3 is 54.8 Å². The third-order valence-corrected chi connectivity index (χ3v) is 7.45. The number of carboxylic acids is 3. The summed E-state index contributed by atoms with van der Waals surface area (Å²) in [5.74, 6) is -6.39. The van der Waals surface area contributed by atoms with Gasteiger partial charge in [-0.2, -0.15) is 4.57 Å². The van der Waals surface area contributed by atoms with E-state index in [1.165, 1.54) is 41.3 Å². The summed E-state index contributed by atoms with van der Waals surface area (Å²) in [5, 5.41) is 71.3. The summed E-state index contributed by atoms with van der Waals surface area (Å²) in [4.78, 5) is 35.8. The number of carbonyl (C=O) groups excluding carboxylic acids is 1. The molecule has 42 heavy (non-hydrogen) atoms. The lowest BCUT2D eigenvalue weighted by molar-refractivity contribution is -0.717. The number of pyridine rings is 1. The molecule has 3 heterocycles. The number of ether oxygens (including phenoxy) is 3. The number of aliphatic hydroxyl groups excluding tert-OH is 4. The normalized spacial score (nSPS) is 31.0. The first kappa shape index (κ1) is 32.8. The Hall–Kier alpha value is -3.66. The minimum Gasteiger partial charge on any atom is -0.545 e. The number of nitrogens with zero attached hydrogens (tertiary/aromatic N) is 1. The quantitative estimate of drug-likeness (QED) is 0.121. The molecule has 0 spiro atoms. The van der Waals surface area contributed by atoms with Crippen LogP contribution in [0.4, 0.5) is 0 Å². The highest BCUT2D eigenvalue weighted by molar-refractivity contribution is 5.88. The molecule has 0 saturated carbocycles. The zero-order chi connectivity index (χ0) is 31.3. The van der Waals surface area contributed by atoms with Gasteiger partial charge in [-0.25, -0.2) is 9.59 Å². The van der Waals surface area contributed by atoms with E-state index in [1.54, 1.807) is 13.8 Å². The SMILES string of the molecule is C=C[C@H]1[C@H](O[C@@H]2O[C@H](CO)[C@@H](O)[C@H](O)[C@H]2O)OC=C(C(=O)[O-])[C@H]1/C=C/c1cc(C(=O)O)c[n+]([C@H](C(=O)O)[C@@H](C)CC)c1. The van der Waals surface area contributed by atoms with E-state index in [2.05, 4.69) is 6.58 Å². The molecule has 1 aromatic rings. The second-order valence-corrected chi connectivity index (χ2v) is 10.2. The van der Waals surface area contributed by atoms with Gasteiger partial charge in [-0.1, -0.05) is 32.1 Å². The maximum atomic E-state index is 12.0. The molecule has 1 fully saturated rings. The van der Waals surface area contributed by atoms with Crippen molar-refractivity contribution < 1.29 is 68.9 Å². The van der Waals surface area contributed by atoms with Crippen molar-refractivity contribution in [3.05, 3.63) is 60.2 Å². The highest BCUT2D eigenvalue weighted by Gasteiger charge is 2.47. The third-order valence-electron chi connectivity index (χ3n) is 7.45. The van der Waals surface area contributed by atoms with Crippen molar-refractivity contribution >= 4 is 24.0 Å². The Kier molecular flexibility index (Phi) is 11.0. The fraction of sp³-hybridized carbons (Fsp3) is 0.500. The molecule has 10 atom stereocenters. The van der Waals surface area contributed by atoms with Gasteiger partial charge in [-0.05, 0) is 12.5 Å². The van der Waals surface area contributed by atoms with Gasteiger partial charge in [-0.3, -0.25) is 0 Å². The maximum absolute atomic E-state index is 12.0. The molecule has 2 aliphatic rings. The minimum atomic E-state index is -1.75. The summed E-state index contributed by atoms with van der Waals surface area (Å²) in [7, 11) is 0. The van der Waals surface area contributed by atoms with Crippen LogP contribution in [0.2, 0.25) is 0 Å². The van der Waals surface area contributed by atoms with Gasteiger partial charge >= 0.3 is 11.9 Å². The fourth-order valence-electron chi connectivity index (χ4n) is 4.89. The van der Waals surface area contributed by atoms with Crippen LogP contribution in [0.3, 0.4) is 0 Å². The summed E-state index contributed by atoms with van der Waals surface area (Å²) in [6, 6.07) is 0.220. The molecule has 0 aromatic carbocycles. The van der Waals surface area contributed by atoms with Crippen LogP contribution >= 0.6 is 0 Å². The van der Waals surface area contributed by atoms with Crippen LogP contribution in [0.5, 0.6) is 0 Å². The zero-order valence-electron chi connectivity index (χ0n) is 22.9. The number of aromatic carboxylic acids is 1. The number of aromatic nitrogens is 1. The number of carbonyl (C=O) groups is 3. The Morgan fingerprint density at radius 3 is 2.38 bits per heavy atom. The number of carboxylic acid groups (broad SMARTS) is 3. The topological polar surface area (TPSA) is 227 Å². The van der Waals surface area contributed by atoms with Crippen LogP contribution in [0.25, 0.3) is 6.08 Å². The van der Waals surface area contributed by atoms with Crippen LogP contribution in [0.15, 0.2) is 49.0 Å². The molecule has 0 bridgehead atoms. The van der Waals surface area contributed by atoms with E-state index in [0.717, 1.165) is 6.26 Å². The van der Waals surface area contributed by atoms with E-state index in [1.807, 2.05) is 0 Å². The van der Waals surface area contributed by atoms with Gasteiger partial charge in [0.1, 0.15) is 30.0 Å². The Bertz CT molecular complexity index is 1230. The Balaban J connectivity index is 1.98. The Labute approximate surface area is 241 Å². The predicted octanol–water partition coefficient (Wildman–Crippen LogP) is -1.42. The summed E-state index contributed by atoms with van der Waals surface area (Å²) in [6.45, 7) is 6.54. The molecule has 14 heteroatoms. The monoisotopic (exact) mass is 593 g/mol. The van der Waals surface area contributed by atoms with Crippen molar-refractivity contribution in [2.24, 2.45) is 17.8 Å².